The van der Waals surface area contributed by atoms with Gasteiger partial charge in [0.15, 0.2) is 0 Å². The van der Waals surface area contributed by atoms with Crippen LogP contribution in [0, 0.1) is 5.92 Å². The van der Waals surface area contributed by atoms with E-state index in [0.717, 1.165) is 18.5 Å². The molecule has 0 amide bonds. The quantitative estimate of drug-likeness (QED) is 0.865. The van der Waals surface area contributed by atoms with Crippen LogP contribution in [0.1, 0.15) is 38.1 Å². The number of rotatable bonds is 5. The zero-order chi connectivity index (χ0) is 12.4. The molecule has 2 aliphatic rings. The van der Waals surface area contributed by atoms with Crippen LogP contribution in [0.5, 0.6) is 0 Å². The van der Waals surface area contributed by atoms with E-state index < -0.39 is 0 Å². The molecule has 4 nitrogen and oxygen atoms in total. The lowest BCUT2D eigenvalue weighted by Gasteiger charge is -2.33. The second kappa shape index (κ2) is 5.31. The van der Waals surface area contributed by atoms with Crippen molar-refractivity contribution in [1.29, 1.82) is 0 Å². The van der Waals surface area contributed by atoms with Crippen LogP contribution in [0.3, 0.4) is 0 Å². The van der Waals surface area contributed by atoms with Crippen molar-refractivity contribution in [3.8, 4) is 0 Å². The van der Waals surface area contributed by atoms with Crippen molar-refractivity contribution < 1.29 is 0 Å². The lowest BCUT2D eigenvalue weighted by Crippen LogP contribution is -2.36. The fourth-order valence-electron chi connectivity index (χ4n) is 2.96. The van der Waals surface area contributed by atoms with Gasteiger partial charge >= 0.3 is 0 Å². The SMILES string of the molecule is CNCCC1CCN(c2nccn2C2CC2)CC1. The molecule has 1 aliphatic carbocycles. The molecule has 0 bridgehead atoms. The Morgan fingerprint density at radius 3 is 2.72 bits per heavy atom. The molecule has 0 radical (unpaired) electrons. The van der Waals surface area contributed by atoms with Gasteiger partial charge in [0.25, 0.3) is 0 Å². The molecule has 1 aliphatic heterocycles. The van der Waals surface area contributed by atoms with Crippen molar-refractivity contribution >= 4 is 5.95 Å². The number of anilines is 1. The maximum Gasteiger partial charge on any atom is 0.205 e. The van der Waals surface area contributed by atoms with E-state index in [1.807, 2.05) is 13.2 Å². The summed E-state index contributed by atoms with van der Waals surface area (Å²) >= 11 is 0. The third kappa shape index (κ3) is 2.53. The van der Waals surface area contributed by atoms with E-state index in [9.17, 15) is 0 Å². The zero-order valence-electron chi connectivity index (χ0n) is 11.3. The van der Waals surface area contributed by atoms with E-state index in [2.05, 4.69) is 26.0 Å². The Morgan fingerprint density at radius 2 is 2.06 bits per heavy atom. The van der Waals surface area contributed by atoms with E-state index in [1.165, 1.54) is 51.1 Å². The summed E-state index contributed by atoms with van der Waals surface area (Å²) in [6.45, 7) is 3.51. The van der Waals surface area contributed by atoms with Crippen molar-refractivity contribution in [3.63, 3.8) is 0 Å². The number of nitrogens with one attached hydrogen (secondary N) is 1. The Balaban J connectivity index is 1.57. The molecular weight excluding hydrogens is 224 g/mol. The smallest absolute Gasteiger partial charge is 0.205 e. The Morgan fingerprint density at radius 1 is 1.28 bits per heavy atom. The van der Waals surface area contributed by atoms with Gasteiger partial charge in [-0.3, -0.25) is 0 Å². The van der Waals surface area contributed by atoms with Gasteiger partial charge in [-0.2, -0.15) is 0 Å². The van der Waals surface area contributed by atoms with Crippen LogP contribution in [0.4, 0.5) is 5.95 Å². The van der Waals surface area contributed by atoms with E-state index >= 15 is 0 Å². The highest BCUT2D eigenvalue weighted by atomic mass is 15.3. The minimum Gasteiger partial charge on any atom is -0.342 e. The average molecular weight is 248 g/mol. The van der Waals surface area contributed by atoms with E-state index in [-0.39, 0.29) is 0 Å². The maximum absolute atomic E-state index is 4.56. The minimum atomic E-state index is 0.740. The molecule has 18 heavy (non-hydrogen) atoms. The normalized spacial score (nSPS) is 21.5. The van der Waals surface area contributed by atoms with Gasteiger partial charge in [-0.25, -0.2) is 4.98 Å². The summed E-state index contributed by atoms with van der Waals surface area (Å²) in [6, 6.07) is 0.740. The fourth-order valence-corrected chi connectivity index (χ4v) is 2.96. The van der Waals surface area contributed by atoms with E-state index in [4.69, 9.17) is 0 Å². The Bertz CT molecular complexity index is 375. The second-order valence-electron chi connectivity index (χ2n) is 5.69. The van der Waals surface area contributed by atoms with Crippen LogP contribution in [0.25, 0.3) is 0 Å². The lowest BCUT2D eigenvalue weighted by molar-refractivity contribution is 0.374. The monoisotopic (exact) mass is 248 g/mol. The van der Waals surface area contributed by atoms with Gasteiger partial charge in [0.1, 0.15) is 0 Å². The lowest BCUT2D eigenvalue weighted by atomic mass is 9.94. The fraction of sp³-hybridized carbons (Fsp3) is 0.786. The third-order valence-electron chi connectivity index (χ3n) is 4.29. The molecule has 1 aromatic heterocycles. The van der Waals surface area contributed by atoms with Gasteiger partial charge in [-0.05, 0) is 51.6 Å². The topological polar surface area (TPSA) is 33.1 Å². The summed E-state index contributed by atoms with van der Waals surface area (Å²) in [5, 5.41) is 3.26. The van der Waals surface area contributed by atoms with Crippen LogP contribution >= 0.6 is 0 Å². The van der Waals surface area contributed by atoms with Crippen LogP contribution in [0.2, 0.25) is 0 Å². The summed E-state index contributed by atoms with van der Waals surface area (Å²) in [6.07, 6.45) is 10.7. The summed E-state index contributed by atoms with van der Waals surface area (Å²) in [5.41, 5.74) is 0. The van der Waals surface area contributed by atoms with Crippen LogP contribution in [-0.2, 0) is 0 Å². The highest BCUT2D eigenvalue weighted by Gasteiger charge is 2.28. The predicted molar refractivity (Wildman–Crippen MR) is 74.0 cm³/mol. The molecule has 1 saturated heterocycles. The van der Waals surface area contributed by atoms with E-state index in [1.54, 1.807) is 0 Å². The highest BCUT2D eigenvalue weighted by molar-refractivity contribution is 5.33. The molecule has 4 heteroatoms. The van der Waals surface area contributed by atoms with Crippen molar-refractivity contribution in [2.45, 2.75) is 38.1 Å². The summed E-state index contributed by atoms with van der Waals surface area (Å²) < 4.78 is 2.38. The molecule has 0 aromatic carbocycles. The van der Waals surface area contributed by atoms with Gasteiger partial charge < -0.3 is 14.8 Å². The van der Waals surface area contributed by atoms with Crippen LogP contribution in [0.15, 0.2) is 12.4 Å². The first-order chi connectivity index (χ1) is 8.88. The van der Waals surface area contributed by atoms with Crippen LogP contribution < -0.4 is 10.2 Å². The van der Waals surface area contributed by atoms with Crippen molar-refractivity contribution in [3.05, 3.63) is 12.4 Å². The number of aromatic nitrogens is 2. The molecule has 2 fully saturated rings. The summed E-state index contributed by atoms with van der Waals surface area (Å²) in [5.74, 6) is 2.11. The Kier molecular flexibility index (Phi) is 3.55. The molecule has 0 spiro atoms. The van der Waals surface area contributed by atoms with Gasteiger partial charge in [0.05, 0.1) is 0 Å². The Labute approximate surface area is 109 Å². The Hall–Kier alpha value is -1.03. The van der Waals surface area contributed by atoms with Crippen molar-refractivity contribution in [2.24, 2.45) is 5.92 Å². The first-order valence-electron chi connectivity index (χ1n) is 7.31. The summed E-state index contributed by atoms with van der Waals surface area (Å²) in [7, 11) is 2.04. The van der Waals surface area contributed by atoms with Gasteiger partial charge in [0, 0.05) is 31.5 Å². The molecule has 2 heterocycles. The average Bonchev–Trinajstić information content (AvgIpc) is 3.15. The number of piperidine rings is 1. The van der Waals surface area contributed by atoms with Gasteiger partial charge in [0.2, 0.25) is 5.95 Å². The number of hydrogen-bond acceptors (Lipinski definition) is 3. The zero-order valence-corrected chi connectivity index (χ0v) is 11.3. The first kappa shape index (κ1) is 12.0. The number of imidazole rings is 1. The molecule has 1 N–H and O–H groups in total. The number of nitrogens with zero attached hydrogens (tertiary/aromatic N) is 3. The molecular formula is C14H24N4. The van der Waals surface area contributed by atoms with Crippen LogP contribution in [-0.4, -0.2) is 36.2 Å². The standard InChI is InChI=1S/C14H24N4/c1-15-7-4-12-5-9-17(10-6-12)14-16-8-11-18(14)13-2-3-13/h8,11-13,15H,2-7,9-10H2,1H3. The second-order valence-corrected chi connectivity index (χ2v) is 5.69. The van der Waals surface area contributed by atoms with E-state index in [0.29, 0.717) is 0 Å². The molecule has 3 rings (SSSR count). The molecule has 1 aromatic rings. The first-order valence-corrected chi connectivity index (χ1v) is 7.31. The molecule has 100 valence electrons. The minimum absolute atomic E-state index is 0.740. The third-order valence-corrected chi connectivity index (χ3v) is 4.29. The molecule has 0 unspecified atom stereocenters. The largest absolute Gasteiger partial charge is 0.342 e. The molecule has 1 saturated carbocycles. The van der Waals surface area contributed by atoms with Gasteiger partial charge in [-0.15, -0.1) is 0 Å². The predicted octanol–water partition coefficient (Wildman–Crippen LogP) is 2.04. The highest BCUT2D eigenvalue weighted by Crippen LogP contribution is 2.38. The number of hydrogen-bond donors (Lipinski definition) is 1. The van der Waals surface area contributed by atoms with Crippen molar-refractivity contribution in [1.82, 2.24) is 14.9 Å². The van der Waals surface area contributed by atoms with Gasteiger partial charge in [-0.1, -0.05) is 0 Å². The van der Waals surface area contributed by atoms with Crippen molar-refractivity contribution in [2.75, 3.05) is 31.6 Å². The maximum atomic E-state index is 4.56. The molecule has 0 atom stereocenters. The summed E-state index contributed by atoms with van der Waals surface area (Å²) in [4.78, 5) is 7.05.